The first-order chi connectivity index (χ1) is 10.7. The number of rotatable bonds is 2. The first-order valence-corrected chi connectivity index (χ1v) is 9.04. The summed E-state index contributed by atoms with van der Waals surface area (Å²) in [6, 6.07) is 0.210. The van der Waals surface area contributed by atoms with Crippen LogP contribution < -0.4 is 5.73 Å². The molecular formula is C18H34ClN3O2. The maximum atomic E-state index is 12.8. The van der Waals surface area contributed by atoms with E-state index in [1.165, 1.54) is 0 Å². The van der Waals surface area contributed by atoms with Crippen LogP contribution in [0.25, 0.3) is 0 Å². The van der Waals surface area contributed by atoms with Gasteiger partial charge in [0.1, 0.15) is 0 Å². The largest absolute Gasteiger partial charge is 0.342 e. The van der Waals surface area contributed by atoms with E-state index in [0.29, 0.717) is 12.5 Å². The van der Waals surface area contributed by atoms with Crippen LogP contribution in [0.3, 0.4) is 0 Å². The fourth-order valence-electron chi connectivity index (χ4n) is 3.74. The standard InChI is InChI=1S/C18H33N3O2.ClH/c1-13(19)14-7-10-20(11-8-14)16(22)15-6-5-9-21(12-15)17(23)18(2,3)4;/h13-15H,5-12,19H2,1-4H3;1H. The minimum atomic E-state index is -0.374. The summed E-state index contributed by atoms with van der Waals surface area (Å²) in [6.45, 7) is 10.9. The average molecular weight is 360 g/mol. The first-order valence-electron chi connectivity index (χ1n) is 9.04. The van der Waals surface area contributed by atoms with Crippen molar-refractivity contribution < 1.29 is 9.59 Å². The zero-order chi connectivity index (χ0) is 17.2. The Morgan fingerprint density at radius 3 is 2.12 bits per heavy atom. The lowest BCUT2D eigenvalue weighted by atomic mass is 9.88. The number of nitrogens with zero attached hydrogens (tertiary/aromatic N) is 2. The molecule has 2 unspecified atom stereocenters. The minimum absolute atomic E-state index is 0. The maximum Gasteiger partial charge on any atom is 0.227 e. The second-order valence-corrected chi connectivity index (χ2v) is 8.36. The van der Waals surface area contributed by atoms with Gasteiger partial charge < -0.3 is 15.5 Å². The van der Waals surface area contributed by atoms with Gasteiger partial charge in [-0.25, -0.2) is 0 Å². The molecule has 2 rings (SSSR count). The summed E-state index contributed by atoms with van der Waals surface area (Å²) >= 11 is 0. The van der Waals surface area contributed by atoms with Crippen LogP contribution in [-0.4, -0.2) is 53.8 Å². The van der Waals surface area contributed by atoms with Crippen molar-refractivity contribution in [1.82, 2.24) is 9.80 Å². The van der Waals surface area contributed by atoms with Gasteiger partial charge in [-0.2, -0.15) is 0 Å². The number of piperidine rings is 2. The lowest BCUT2D eigenvalue weighted by Gasteiger charge is -2.39. The Hall–Kier alpha value is -0.810. The van der Waals surface area contributed by atoms with Gasteiger partial charge in [0.05, 0.1) is 5.92 Å². The molecule has 2 saturated heterocycles. The van der Waals surface area contributed by atoms with Crippen LogP contribution in [0.5, 0.6) is 0 Å². The third kappa shape index (κ3) is 5.09. The van der Waals surface area contributed by atoms with Crippen LogP contribution >= 0.6 is 12.4 Å². The summed E-state index contributed by atoms with van der Waals surface area (Å²) in [7, 11) is 0. The topological polar surface area (TPSA) is 66.6 Å². The molecule has 0 radical (unpaired) electrons. The maximum absolute atomic E-state index is 12.8. The van der Waals surface area contributed by atoms with Crippen molar-refractivity contribution in [3.63, 3.8) is 0 Å². The molecule has 0 saturated carbocycles. The van der Waals surface area contributed by atoms with Crippen LogP contribution in [0, 0.1) is 17.3 Å². The zero-order valence-corrected chi connectivity index (χ0v) is 16.4. The van der Waals surface area contributed by atoms with Crippen molar-refractivity contribution in [2.45, 2.75) is 59.4 Å². The second kappa shape index (κ2) is 8.52. The van der Waals surface area contributed by atoms with Gasteiger partial charge in [-0.15, -0.1) is 12.4 Å². The third-order valence-corrected chi connectivity index (χ3v) is 5.29. The van der Waals surface area contributed by atoms with E-state index in [1.54, 1.807) is 0 Å². The van der Waals surface area contributed by atoms with Crippen molar-refractivity contribution in [3.8, 4) is 0 Å². The molecule has 2 amide bonds. The number of nitrogens with two attached hydrogens (primary N) is 1. The number of likely N-dealkylation sites (tertiary alicyclic amines) is 2. The molecule has 0 aromatic heterocycles. The van der Waals surface area contributed by atoms with E-state index in [2.05, 4.69) is 6.92 Å². The summed E-state index contributed by atoms with van der Waals surface area (Å²) in [5.74, 6) is 0.900. The fraction of sp³-hybridized carbons (Fsp3) is 0.889. The molecule has 0 bridgehead atoms. The van der Waals surface area contributed by atoms with Crippen molar-refractivity contribution in [2.24, 2.45) is 23.0 Å². The predicted molar refractivity (Wildman–Crippen MR) is 99.0 cm³/mol. The Morgan fingerprint density at radius 2 is 1.62 bits per heavy atom. The molecule has 6 heteroatoms. The lowest BCUT2D eigenvalue weighted by Crippen LogP contribution is -2.51. The van der Waals surface area contributed by atoms with Crippen LogP contribution in [0.15, 0.2) is 0 Å². The molecular weight excluding hydrogens is 326 g/mol. The van der Waals surface area contributed by atoms with E-state index >= 15 is 0 Å². The molecule has 2 atom stereocenters. The summed E-state index contributed by atoms with van der Waals surface area (Å²) < 4.78 is 0. The van der Waals surface area contributed by atoms with Crippen molar-refractivity contribution in [3.05, 3.63) is 0 Å². The van der Waals surface area contributed by atoms with E-state index in [4.69, 9.17) is 5.73 Å². The lowest BCUT2D eigenvalue weighted by molar-refractivity contribution is -0.146. The number of amides is 2. The normalized spacial score (nSPS) is 24.3. The van der Waals surface area contributed by atoms with Gasteiger partial charge in [-0.05, 0) is 38.5 Å². The Kier molecular flexibility index (Phi) is 7.54. The molecule has 2 N–H and O–H groups in total. The molecule has 0 aromatic rings. The van der Waals surface area contributed by atoms with Crippen molar-refractivity contribution >= 4 is 24.2 Å². The van der Waals surface area contributed by atoms with Crippen LogP contribution in [0.1, 0.15) is 53.4 Å². The van der Waals surface area contributed by atoms with Gasteiger partial charge in [0.15, 0.2) is 0 Å². The molecule has 24 heavy (non-hydrogen) atoms. The van der Waals surface area contributed by atoms with Gasteiger partial charge in [0, 0.05) is 37.6 Å². The van der Waals surface area contributed by atoms with Gasteiger partial charge >= 0.3 is 0 Å². The number of hydrogen-bond donors (Lipinski definition) is 1. The zero-order valence-electron chi connectivity index (χ0n) is 15.6. The molecule has 140 valence electrons. The van der Waals surface area contributed by atoms with Gasteiger partial charge in [-0.3, -0.25) is 9.59 Å². The molecule has 2 heterocycles. The van der Waals surface area contributed by atoms with Crippen LogP contribution in [0.2, 0.25) is 0 Å². The molecule has 0 aliphatic carbocycles. The highest BCUT2D eigenvalue weighted by Gasteiger charge is 2.36. The van der Waals surface area contributed by atoms with Gasteiger partial charge in [0.2, 0.25) is 11.8 Å². The Balaban J connectivity index is 0.00000288. The smallest absolute Gasteiger partial charge is 0.227 e. The van der Waals surface area contributed by atoms with E-state index in [0.717, 1.165) is 45.3 Å². The third-order valence-electron chi connectivity index (χ3n) is 5.29. The highest BCUT2D eigenvalue weighted by molar-refractivity contribution is 5.85. The SMILES string of the molecule is CC(N)C1CCN(C(=O)C2CCCN(C(=O)C(C)(C)C)C2)CC1.Cl. The summed E-state index contributed by atoms with van der Waals surface area (Å²) in [5.41, 5.74) is 5.60. The monoisotopic (exact) mass is 359 g/mol. The van der Waals surface area contributed by atoms with E-state index in [9.17, 15) is 9.59 Å². The van der Waals surface area contributed by atoms with Crippen LogP contribution in [-0.2, 0) is 9.59 Å². The van der Waals surface area contributed by atoms with E-state index in [1.807, 2.05) is 30.6 Å². The Labute approximate surface area is 152 Å². The molecule has 2 aliphatic rings. The predicted octanol–water partition coefficient (Wildman–Crippen LogP) is 2.28. The average Bonchev–Trinajstić information content (AvgIpc) is 2.52. The molecule has 2 aliphatic heterocycles. The molecule has 0 aromatic carbocycles. The Bertz CT molecular complexity index is 440. The van der Waals surface area contributed by atoms with Gasteiger partial charge in [0.25, 0.3) is 0 Å². The van der Waals surface area contributed by atoms with E-state index < -0.39 is 0 Å². The number of hydrogen-bond acceptors (Lipinski definition) is 3. The minimum Gasteiger partial charge on any atom is -0.342 e. The summed E-state index contributed by atoms with van der Waals surface area (Å²) in [4.78, 5) is 29.2. The van der Waals surface area contributed by atoms with Crippen molar-refractivity contribution in [2.75, 3.05) is 26.2 Å². The van der Waals surface area contributed by atoms with Crippen LogP contribution in [0.4, 0.5) is 0 Å². The number of carbonyl (C=O) groups is 2. The second-order valence-electron chi connectivity index (χ2n) is 8.36. The van der Waals surface area contributed by atoms with E-state index in [-0.39, 0.29) is 41.6 Å². The molecule has 2 fully saturated rings. The van der Waals surface area contributed by atoms with Crippen molar-refractivity contribution in [1.29, 1.82) is 0 Å². The Morgan fingerprint density at radius 1 is 1.04 bits per heavy atom. The summed E-state index contributed by atoms with van der Waals surface area (Å²) in [5, 5.41) is 0. The fourth-order valence-corrected chi connectivity index (χ4v) is 3.74. The summed E-state index contributed by atoms with van der Waals surface area (Å²) in [6.07, 6.45) is 3.83. The highest BCUT2D eigenvalue weighted by atomic mass is 35.5. The highest BCUT2D eigenvalue weighted by Crippen LogP contribution is 2.26. The number of halogens is 1. The van der Waals surface area contributed by atoms with Gasteiger partial charge in [-0.1, -0.05) is 20.8 Å². The molecule has 5 nitrogen and oxygen atoms in total. The quantitative estimate of drug-likeness (QED) is 0.822. The molecule has 0 spiro atoms. The number of carbonyl (C=O) groups excluding carboxylic acids is 2. The first kappa shape index (κ1) is 21.2.